The molecule has 3 rings (SSSR count). The van der Waals surface area contributed by atoms with E-state index in [1.807, 2.05) is 13.2 Å². The van der Waals surface area contributed by atoms with Crippen LogP contribution in [0.1, 0.15) is 24.3 Å². The van der Waals surface area contributed by atoms with Gasteiger partial charge in [0.05, 0.1) is 0 Å². The minimum absolute atomic E-state index is 0.805. The molecule has 1 aromatic carbocycles. The molecule has 0 aliphatic heterocycles. The van der Waals surface area contributed by atoms with Crippen molar-refractivity contribution in [1.82, 2.24) is 4.98 Å². The predicted molar refractivity (Wildman–Crippen MR) is 63.3 cm³/mol. The van der Waals surface area contributed by atoms with Crippen LogP contribution < -0.4 is 5.32 Å². The number of aromatic nitrogens is 1. The highest BCUT2D eigenvalue weighted by Crippen LogP contribution is 2.41. The fourth-order valence-electron chi connectivity index (χ4n) is 2.06. The van der Waals surface area contributed by atoms with Crippen LogP contribution in [0.4, 0.5) is 5.82 Å². The van der Waals surface area contributed by atoms with Crippen LogP contribution in [-0.4, -0.2) is 12.0 Å². The number of nitrogens with zero attached hydrogens (tertiary/aromatic N) is 1. The van der Waals surface area contributed by atoms with Crippen LogP contribution in [0, 0.1) is 0 Å². The molecule has 15 heavy (non-hydrogen) atoms. The quantitative estimate of drug-likeness (QED) is 0.801. The number of nitrogens with one attached hydrogen (secondary N) is 1. The van der Waals surface area contributed by atoms with E-state index in [9.17, 15) is 0 Å². The zero-order chi connectivity index (χ0) is 10.3. The third-order valence-corrected chi connectivity index (χ3v) is 3.08. The summed E-state index contributed by atoms with van der Waals surface area (Å²) < 4.78 is 0. The van der Waals surface area contributed by atoms with E-state index in [0.29, 0.717) is 0 Å². The minimum atomic E-state index is 0.805. The lowest BCUT2D eigenvalue weighted by molar-refractivity contribution is 1.14. The summed E-state index contributed by atoms with van der Waals surface area (Å²) in [7, 11) is 1.92. The van der Waals surface area contributed by atoms with Gasteiger partial charge in [-0.3, -0.25) is 0 Å². The molecule has 0 bridgehead atoms. The monoisotopic (exact) mass is 198 g/mol. The average Bonchev–Trinajstić information content (AvgIpc) is 3.11. The Kier molecular flexibility index (Phi) is 1.88. The molecule has 0 radical (unpaired) electrons. The van der Waals surface area contributed by atoms with Gasteiger partial charge in [0.15, 0.2) is 0 Å². The second-order valence-electron chi connectivity index (χ2n) is 4.16. The second-order valence-corrected chi connectivity index (χ2v) is 4.16. The lowest BCUT2D eigenvalue weighted by Gasteiger charge is -2.06. The summed E-state index contributed by atoms with van der Waals surface area (Å²) in [6, 6.07) is 8.80. The van der Waals surface area contributed by atoms with E-state index in [2.05, 4.69) is 34.6 Å². The lowest BCUT2D eigenvalue weighted by Crippen LogP contribution is -1.93. The lowest BCUT2D eigenvalue weighted by atomic mass is 10.1. The highest BCUT2D eigenvalue weighted by atomic mass is 14.9. The normalized spacial score (nSPS) is 15.5. The average molecular weight is 198 g/mol. The van der Waals surface area contributed by atoms with E-state index in [-0.39, 0.29) is 0 Å². The maximum Gasteiger partial charge on any atom is 0.133 e. The molecule has 0 spiro atoms. The van der Waals surface area contributed by atoms with Crippen LogP contribution >= 0.6 is 0 Å². The smallest absolute Gasteiger partial charge is 0.133 e. The van der Waals surface area contributed by atoms with Gasteiger partial charge in [-0.15, -0.1) is 0 Å². The standard InChI is InChI=1S/C13H14N2/c1-14-13-12-8-11(9-2-3-9)5-4-10(12)6-7-15-13/h4-9H,2-3H2,1H3,(H,14,15). The largest absolute Gasteiger partial charge is 0.373 e. The van der Waals surface area contributed by atoms with E-state index >= 15 is 0 Å². The molecule has 0 amide bonds. The van der Waals surface area contributed by atoms with E-state index in [0.717, 1.165) is 11.7 Å². The second kappa shape index (κ2) is 3.23. The molecule has 1 heterocycles. The SMILES string of the molecule is CNc1nccc2ccc(C3CC3)cc12. The van der Waals surface area contributed by atoms with Gasteiger partial charge in [-0.2, -0.15) is 0 Å². The first-order chi connectivity index (χ1) is 7.38. The van der Waals surface area contributed by atoms with Gasteiger partial charge in [-0.05, 0) is 41.8 Å². The Balaban J connectivity index is 2.22. The van der Waals surface area contributed by atoms with Crippen molar-refractivity contribution in [3.8, 4) is 0 Å². The van der Waals surface area contributed by atoms with Crippen LogP contribution in [0.15, 0.2) is 30.5 Å². The molecule has 76 valence electrons. The first kappa shape index (κ1) is 8.72. The van der Waals surface area contributed by atoms with Crippen molar-refractivity contribution >= 4 is 16.6 Å². The molecule has 1 aliphatic rings. The minimum Gasteiger partial charge on any atom is -0.373 e. The number of anilines is 1. The summed E-state index contributed by atoms with van der Waals surface area (Å²) >= 11 is 0. The maximum absolute atomic E-state index is 4.34. The Labute approximate surface area is 89.3 Å². The fraction of sp³-hybridized carbons (Fsp3) is 0.308. The summed E-state index contributed by atoms with van der Waals surface area (Å²) in [4.78, 5) is 4.34. The Hall–Kier alpha value is -1.57. The molecule has 0 atom stereocenters. The van der Waals surface area contributed by atoms with Crippen molar-refractivity contribution in [3.05, 3.63) is 36.0 Å². The molecule has 1 aliphatic carbocycles. The zero-order valence-electron chi connectivity index (χ0n) is 8.83. The van der Waals surface area contributed by atoms with Crippen molar-refractivity contribution in [2.24, 2.45) is 0 Å². The van der Waals surface area contributed by atoms with Crippen molar-refractivity contribution < 1.29 is 0 Å². The maximum atomic E-state index is 4.34. The summed E-state index contributed by atoms with van der Waals surface area (Å²) in [5.74, 6) is 1.79. The number of benzene rings is 1. The first-order valence-corrected chi connectivity index (χ1v) is 5.45. The number of rotatable bonds is 2. The molecule has 2 nitrogen and oxygen atoms in total. The van der Waals surface area contributed by atoms with E-state index < -0.39 is 0 Å². The Bertz CT molecular complexity index is 501. The van der Waals surface area contributed by atoms with Crippen LogP contribution in [0.5, 0.6) is 0 Å². The van der Waals surface area contributed by atoms with Gasteiger partial charge in [-0.1, -0.05) is 12.1 Å². The highest BCUT2D eigenvalue weighted by molar-refractivity contribution is 5.92. The van der Waals surface area contributed by atoms with Gasteiger partial charge in [0, 0.05) is 18.6 Å². The zero-order valence-corrected chi connectivity index (χ0v) is 8.83. The Morgan fingerprint density at radius 1 is 1.27 bits per heavy atom. The van der Waals surface area contributed by atoms with Crippen LogP contribution in [0.2, 0.25) is 0 Å². The molecular weight excluding hydrogens is 184 g/mol. The molecule has 0 unspecified atom stereocenters. The summed E-state index contributed by atoms with van der Waals surface area (Å²) in [5, 5.41) is 5.65. The Morgan fingerprint density at radius 2 is 2.13 bits per heavy atom. The predicted octanol–water partition coefficient (Wildman–Crippen LogP) is 3.15. The van der Waals surface area contributed by atoms with Crippen molar-refractivity contribution in [1.29, 1.82) is 0 Å². The molecule has 0 saturated heterocycles. The van der Waals surface area contributed by atoms with Crippen LogP contribution in [-0.2, 0) is 0 Å². The molecular formula is C13H14N2. The van der Waals surface area contributed by atoms with Gasteiger partial charge in [0.2, 0.25) is 0 Å². The van der Waals surface area contributed by atoms with Gasteiger partial charge >= 0.3 is 0 Å². The van der Waals surface area contributed by atoms with Crippen molar-refractivity contribution in [2.45, 2.75) is 18.8 Å². The third kappa shape index (κ3) is 1.46. The third-order valence-electron chi connectivity index (χ3n) is 3.08. The molecule has 1 saturated carbocycles. The van der Waals surface area contributed by atoms with E-state index in [4.69, 9.17) is 0 Å². The molecule has 1 aromatic heterocycles. The van der Waals surface area contributed by atoms with Gasteiger partial charge in [0.1, 0.15) is 5.82 Å². The molecule has 1 N–H and O–H groups in total. The topological polar surface area (TPSA) is 24.9 Å². The highest BCUT2D eigenvalue weighted by Gasteiger charge is 2.23. The van der Waals surface area contributed by atoms with Crippen LogP contribution in [0.3, 0.4) is 0 Å². The summed E-state index contributed by atoms with van der Waals surface area (Å²) in [5.41, 5.74) is 1.46. The first-order valence-electron chi connectivity index (χ1n) is 5.45. The summed E-state index contributed by atoms with van der Waals surface area (Å²) in [6.45, 7) is 0. The molecule has 1 fully saturated rings. The number of pyridine rings is 1. The Morgan fingerprint density at radius 3 is 2.87 bits per heavy atom. The van der Waals surface area contributed by atoms with Gasteiger partial charge in [-0.25, -0.2) is 4.98 Å². The van der Waals surface area contributed by atoms with Crippen molar-refractivity contribution in [2.75, 3.05) is 12.4 Å². The fourth-order valence-corrected chi connectivity index (χ4v) is 2.06. The summed E-state index contributed by atoms with van der Waals surface area (Å²) in [6.07, 6.45) is 4.55. The van der Waals surface area contributed by atoms with E-state index in [1.54, 1.807) is 0 Å². The van der Waals surface area contributed by atoms with Crippen LogP contribution in [0.25, 0.3) is 10.8 Å². The number of fused-ring (bicyclic) bond motifs is 1. The van der Waals surface area contributed by atoms with E-state index in [1.165, 1.54) is 29.2 Å². The number of hydrogen-bond donors (Lipinski definition) is 1. The van der Waals surface area contributed by atoms with Gasteiger partial charge in [0.25, 0.3) is 0 Å². The molecule has 2 aromatic rings. The number of hydrogen-bond acceptors (Lipinski definition) is 2. The van der Waals surface area contributed by atoms with Crippen molar-refractivity contribution in [3.63, 3.8) is 0 Å². The molecule has 2 heteroatoms. The van der Waals surface area contributed by atoms with Gasteiger partial charge < -0.3 is 5.32 Å².